The second kappa shape index (κ2) is 16.5. The summed E-state index contributed by atoms with van der Waals surface area (Å²) in [5.41, 5.74) is 15.1. The summed E-state index contributed by atoms with van der Waals surface area (Å²) in [6, 6.07) is 61.7. The van der Waals surface area contributed by atoms with Crippen molar-refractivity contribution in [2.45, 2.75) is 0 Å². The summed E-state index contributed by atoms with van der Waals surface area (Å²) in [4.78, 5) is 0. The van der Waals surface area contributed by atoms with Crippen LogP contribution in [0.15, 0.2) is 164 Å². The first kappa shape index (κ1) is 34.7. The van der Waals surface area contributed by atoms with Crippen molar-refractivity contribution in [3.63, 3.8) is 0 Å². The van der Waals surface area contributed by atoms with Crippen molar-refractivity contribution in [1.82, 2.24) is 0 Å². The van der Waals surface area contributed by atoms with Crippen molar-refractivity contribution in [3.8, 4) is 51.6 Å². The quantitative estimate of drug-likeness (QED) is 0.142. The molecule has 0 saturated heterocycles. The van der Waals surface area contributed by atoms with E-state index in [0.29, 0.717) is 16.7 Å². The van der Waals surface area contributed by atoms with E-state index in [1.807, 2.05) is 72.8 Å². The topological polar surface area (TPSA) is 71.4 Å². The molecule has 0 radical (unpaired) electrons. The summed E-state index contributed by atoms with van der Waals surface area (Å²) in [6.45, 7) is 0. The Labute approximate surface area is 316 Å². The fraction of sp³-hybridized carbons (Fsp3) is 0. The highest BCUT2D eigenvalue weighted by Crippen LogP contribution is 2.34. The fourth-order valence-electron chi connectivity index (χ4n) is 6.07. The van der Waals surface area contributed by atoms with Crippen molar-refractivity contribution in [3.05, 3.63) is 214 Å². The maximum absolute atomic E-state index is 9.09. The van der Waals surface area contributed by atoms with Gasteiger partial charge in [0.25, 0.3) is 0 Å². The van der Waals surface area contributed by atoms with Crippen LogP contribution in [0.1, 0.15) is 50.1 Å². The smallest absolute Gasteiger partial charge is 0.0991 e. The third-order valence-electron chi connectivity index (χ3n) is 9.19. The second-order valence-corrected chi connectivity index (χ2v) is 12.9. The Hall–Kier alpha value is -7.77. The Morgan fingerprint density at radius 2 is 0.426 bits per heavy atom. The average molecular weight is 688 g/mol. The van der Waals surface area contributed by atoms with Gasteiger partial charge in [-0.1, -0.05) is 146 Å². The normalized spacial score (nSPS) is 11.1. The molecule has 0 bridgehead atoms. The zero-order valence-corrected chi connectivity index (χ0v) is 29.4. The SMILES string of the molecule is N#Cc1ccc(/C=C/c2ccc(-c3cc(-c4ccc(/C=C/c5ccc(C#N)cc5)cc4)cc(-c4ccc(/C=C/c5ccc(C#N)cc5)cc4)c3)cc2)cc1. The van der Waals surface area contributed by atoms with Gasteiger partial charge in [-0.05, 0) is 121 Å². The molecule has 3 nitrogen and oxygen atoms in total. The van der Waals surface area contributed by atoms with E-state index in [2.05, 4.69) is 146 Å². The van der Waals surface area contributed by atoms with Gasteiger partial charge in [0.15, 0.2) is 0 Å². The van der Waals surface area contributed by atoms with Crippen molar-refractivity contribution in [2.24, 2.45) is 0 Å². The van der Waals surface area contributed by atoms with Crippen LogP contribution in [0.5, 0.6) is 0 Å². The van der Waals surface area contributed by atoms with Crippen LogP contribution >= 0.6 is 0 Å². The van der Waals surface area contributed by atoms with Crippen molar-refractivity contribution < 1.29 is 0 Å². The molecule has 0 unspecified atom stereocenters. The Morgan fingerprint density at radius 1 is 0.241 bits per heavy atom. The molecular weight excluding hydrogens is 655 g/mol. The van der Waals surface area contributed by atoms with Gasteiger partial charge < -0.3 is 0 Å². The van der Waals surface area contributed by atoms with Crippen molar-refractivity contribution in [2.75, 3.05) is 0 Å². The Morgan fingerprint density at radius 3 is 0.611 bits per heavy atom. The van der Waals surface area contributed by atoms with Crippen molar-refractivity contribution in [1.29, 1.82) is 15.8 Å². The lowest BCUT2D eigenvalue weighted by Gasteiger charge is -2.12. The highest BCUT2D eigenvalue weighted by molar-refractivity contribution is 5.83. The Balaban J connectivity index is 1.17. The summed E-state index contributed by atoms with van der Waals surface area (Å²) in [6.07, 6.45) is 12.4. The first-order chi connectivity index (χ1) is 26.5. The second-order valence-electron chi connectivity index (χ2n) is 12.9. The minimum absolute atomic E-state index is 0.651. The first-order valence-corrected chi connectivity index (χ1v) is 17.6. The molecule has 0 heterocycles. The van der Waals surface area contributed by atoms with Crippen LogP contribution < -0.4 is 0 Å². The zero-order valence-electron chi connectivity index (χ0n) is 29.4. The predicted octanol–water partition coefficient (Wildman–Crippen LogP) is 12.8. The van der Waals surface area contributed by atoms with Gasteiger partial charge in [-0.15, -0.1) is 0 Å². The molecule has 0 saturated carbocycles. The van der Waals surface area contributed by atoms with Crippen LogP contribution in [-0.2, 0) is 0 Å². The van der Waals surface area contributed by atoms with E-state index >= 15 is 0 Å². The Kier molecular flexibility index (Phi) is 10.6. The first-order valence-electron chi connectivity index (χ1n) is 17.6. The molecule has 0 fully saturated rings. The van der Waals surface area contributed by atoms with Gasteiger partial charge in [0.1, 0.15) is 0 Å². The van der Waals surface area contributed by atoms with Gasteiger partial charge in [-0.2, -0.15) is 15.8 Å². The zero-order chi connectivity index (χ0) is 37.1. The van der Waals surface area contributed by atoms with Gasteiger partial charge >= 0.3 is 0 Å². The van der Waals surface area contributed by atoms with Crippen LogP contribution in [0.2, 0.25) is 0 Å². The molecule has 54 heavy (non-hydrogen) atoms. The van der Waals surface area contributed by atoms with E-state index in [-0.39, 0.29) is 0 Å². The molecule has 0 amide bonds. The molecule has 0 aliphatic heterocycles. The number of hydrogen-bond donors (Lipinski definition) is 0. The van der Waals surface area contributed by atoms with Gasteiger partial charge in [-0.3, -0.25) is 0 Å². The lowest BCUT2D eigenvalue weighted by atomic mass is 9.92. The highest BCUT2D eigenvalue weighted by Gasteiger charge is 2.08. The summed E-state index contributed by atoms with van der Waals surface area (Å²) in [5, 5.41) is 27.3. The molecule has 0 aromatic heterocycles. The third-order valence-corrected chi connectivity index (χ3v) is 9.19. The largest absolute Gasteiger partial charge is 0.192 e. The monoisotopic (exact) mass is 687 g/mol. The summed E-state index contributed by atoms with van der Waals surface area (Å²) in [7, 11) is 0. The minimum Gasteiger partial charge on any atom is -0.192 e. The molecule has 0 spiro atoms. The molecular formula is C51H33N3. The number of rotatable bonds is 9. The lowest BCUT2D eigenvalue weighted by molar-refractivity contribution is 1.48. The van der Waals surface area contributed by atoms with Gasteiger partial charge in [0.05, 0.1) is 34.9 Å². The van der Waals surface area contributed by atoms with Crippen LogP contribution in [0.25, 0.3) is 69.8 Å². The molecule has 0 N–H and O–H groups in total. The number of nitrogens with zero attached hydrogens (tertiary/aromatic N) is 3. The standard InChI is InChI=1S/C51H33N3/c52-34-43-13-7-37(8-14-43)1-4-40-19-25-46(26-20-40)49-31-50(47-27-21-41(22-28-47)5-2-38-9-15-44(35-53)16-10-38)33-51(32-49)48-29-23-42(24-30-48)6-3-39-11-17-45(36-54)18-12-39/h1-33H/b4-1+,5-2+,6-3+. The van der Waals surface area contributed by atoms with E-state index in [4.69, 9.17) is 15.8 Å². The predicted molar refractivity (Wildman–Crippen MR) is 223 cm³/mol. The number of nitriles is 3. The lowest BCUT2D eigenvalue weighted by Crippen LogP contribution is -1.87. The van der Waals surface area contributed by atoms with Crippen LogP contribution in [-0.4, -0.2) is 0 Å². The molecule has 3 heteroatoms. The van der Waals surface area contributed by atoms with Crippen molar-refractivity contribution >= 4 is 36.5 Å². The highest BCUT2D eigenvalue weighted by atomic mass is 14.2. The minimum atomic E-state index is 0.651. The van der Waals surface area contributed by atoms with Gasteiger partial charge in [-0.25, -0.2) is 0 Å². The molecule has 0 atom stereocenters. The third kappa shape index (κ3) is 8.74. The van der Waals surface area contributed by atoms with E-state index < -0.39 is 0 Å². The fourth-order valence-corrected chi connectivity index (χ4v) is 6.07. The van der Waals surface area contributed by atoms with Crippen LogP contribution in [0.4, 0.5) is 0 Å². The molecule has 0 aliphatic carbocycles. The van der Waals surface area contributed by atoms with Gasteiger partial charge in [0.2, 0.25) is 0 Å². The molecule has 0 aliphatic rings. The van der Waals surface area contributed by atoms with Gasteiger partial charge in [0, 0.05) is 0 Å². The molecule has 252 valence electrons. The maximum atomic E-state index is 9.09. The maximum Gasteiger partial charge on any atom is 0.0991 e. The van der Waals surface area contributed by atoms with Crippen LogP contribution in [0, 0.1) is 34.0 Å². The summed E-state index contributed by atoms with van der Waals surface area (Å²) in [5.74, 6) is 0. The molecule has 7 aromatic rings. The van der Waals surface area contributed by atoms with E-state index in [0.717, 1.165) is 66.8 Å². The van der Waals surface area contributed by atoms with Crippen LogP contribution in [0.3, 0.4) is 0 Å². The Bertz CT molecular complexity index is 2290. The molecule has 7 rings (SSSR count). The van der Waals surface area contributed by atoms with E-state index in [1.54, 1.807) is 0 Å². The van der Waals surface area contributed by atoms with E-state index in [9.17, 15) is 0 Å². The van der Waals surface area contributed by atoms with E-state index in [1.165, 1.54) is 0 Å². The number of hydrogen-bond acceptors (Lipinski definition) is 3. The summed E-state index contributed by atoms with van der Waals surface area (Å²) < 4.78 is 0. The summed E-state index contributed by atoms with van der Waals surface area (Å²) >= 11 is 0. The number of benzene rings is 7. The molecule has 7 aromatic carbocycles. The average Bonchev–Trinajstić information content (AvgIpc) is 3.25.